The van der Waals surface area contributed by atoms with Crippen LogP contribution in [0.3, 0.4) is 0 Å². The van der Waals surface area contributed by atoms with Crippen LogP contribution in [0.1, 0.15) is 32.6 Å². The maximum absolute atomic E-state index is 11.6. The Hall–Kier alpha value is -0.770. The van der Waals surface area contributed by atoms with Gasteiger partial charge in [0.15, 0.2) is 0 Å². The first-order valence-corrected chi connectivity index (χ1v) is 5.98. The van der Waals surface area contributed by atoms with Crippen LogP contribution in [0.2, 0.25) is 0 Å². The van der Waals surface area contributed by atoms with E-state index in [-0.39, 0.29) is 6.03 Å². The molecule has 1 fully saturated rings. The second-order valence-corrected chi connectivity index (χ2v) is 4.15. The molecular weight excluding hydrogens is 190 g/mol. The van der Waals surface area contributed by atoms with E-state index >= 15 is 0 Å². The van der Waals surface area contributed by atoms with Crippen LogP contribution in [0.15, 0.2) is 0 Å². The second-order valence-electron chi connectivity index (χ2n) is 4.15. The van der Waals surface area contributed by atoms with Crippen LogP contribution in [-0.4, -0.2) is 43.7 Å². The van der Waals surface area contributed by atoms with E-state index in [1.807, 2.05) is 4.90 Å². The summed E-state index contributed by atoms with van der Waals surface area (Å²) in [6.45, 7) is 4.88. The molecule has 15 heavy (non-hydrogen) atoms. The minimum absolute atomic E-state index is 0.0456. The topological polar surface area (TPSA) is 44.4 Å². The molecule has 1 unspecified atom stereocenters. The number of carbonyl (C=O) groups excluding carboxylic acids is 1. The van der Waals surface area contributed by atoms with Gasteiger partial charge in [0.1, 0.15) is 0 Å². The summed E-state index contributed by atoms with van der Waals surface area (Å²) in [4.78, 5) is 13.5. The van der Waals surface area contributed by atoms with Crippen molar-refractivity contribution >= 4 is 6.03 Å². The van der Waals surface area contributed by atoms with Gasteiger partial charge in [0.25, 0.3) is 0 Å². The van der Waals surface area contributed by atoms with Crippen molar-refractivity contribution in [3.8, 4) is 0 Å². The first-order chi connectivity index (χ1) is 7.27. The number of urea groups is 1. The highest BCUT2D eigenvalue weighted by Crippen LogP contribution is 2.08. The monoisotopic (exact) mass is 213 g/mol. The minimum Gasteiger partial charge on any atom is -0.341 e. The normalized spacial score (nSPS) is 21.1. The van der Waals surface area contributed by atoms with Gasteiger partial charge in [-0.15, -0.1) is 0 Å². The van der Waals surface area contributed by atoms with Crippen LogP contribution in [0.25, 0.3) is 0 Å². The maximum atomic E-state index is 11.6. The molecule has 0 spiro atoms. The molecule has 0 aromatic rings. The number of hydrogen-bond donors (Lipinski definition) is 2. The largest absolute Gasteiger partial charge is 0.341 e. The summed E-state index contributed by atoms with van der Waals surface area (Å²) >= 11 is 0. The highest BCUT2D eigenvalue weighted by atomic mass is 16.2. The molecule has 1 aliphatic heterocycles. The number of carbonyl (C=O) groups is 1. The van der Waals surface area contributed by atoms with Crippen molar-refractivity contribution in [3.05, 3.63) is 0 Å². The van der Waals surface area contributed by atoms with Gasteiger partial charge >= 0.3 is 6.03 Å². The smallest absolute Gasteiger partial charge is 0.317 e. The molecule has 0 aromatic heterocycles. The number of piperidine rings is 1. The van der Waals surface area contributed by atoms with Gasteiger partial charge in [-0.05, 0) is 25.8 Å². The van der Waals surface area contributed by atoms with Gasteiger partial charge in [-0.25, -0.2) is 4.79 Å². The molecule has 1 rings (SSSR count). The highest BCUT2D eigenvalue weighted by molar-refractivity contribution is 5.73. The van der Waals surface area contributed by atoms with Crippen LogP contribution in [-0.2, 0) is 0 Å². The number of nitrogens with zero attached hydrogens (tertiary/aromatic N) is 1. The fraction of sp³-hybridized carbons (Fsp3) is 0.909. The summed E-state index contributed by atoms with van der Waals surface area (Å²) in [6, 6.07) is 0.534. The van der Waals surface area contributed by atoms with Crippen molar-refractivity contribution in [1.82, 2.24) is 15.5 Å². The van der Waals surface area contributed by atoms with E-state index in [0.29, 0.717) is 6.04 Å². The lowest BCUT2D eigenvalue weighted by Crippen LogP contribution is -2.48. The summed E-state index contributed by atoms with van der Waals surface area (Å²) in [5.74, 6) is 0. The number of hydrogen-bond acceptors (Lipinski definition) is 2. The number of nitrogens with one attached hydrogen (secondary N) is 2. The Morgan fingerprint density at radius 1 is 1.53 bits per heavy atom. The van der Waals surface area contributed by atoms with E-state index in [2.05, 4.69) is 17.6 Å². The Kier molecular flexibility index (Phi) is 5.47. The van der Waals surface area contributed by atoms with Crippen molar-refractivity contribution in [3.63, 3.8) is 0 Å². The summed E-state index contributed by atoms with van der Waals surface area (Å²) in [7, 11) is 1.69. The minimum atomic E-state index is 0.0456. The number of amides is 2. The average molecular weight is 213 g/mol. The van der Waals surface area contributed by atoms with E-state index < -0.39 is 0 Å². The highest BCUT2D eigenvalue weighted by Gasteiger charge is 2.18. The Morgan fingerprint density at radius 2 is 2.33 bits per heavy atom. The summed E-state index contributed by atoms with van der Waals surface area (Å²) < 4.78 is 0. The van der Waals surface area contributed by atoms with Gasteiger partial charge in [-0.1, -0.05) is 13.3 Å². The zero-order valence-electron chi connectivity index (χ0n) is 9.88. The summed E-state index contributed by atoms with van der Waals surface area (Å²) in [5.41, 5.74) is 0. The van der Waals surface area contributed by atoms with E-state index in [4.69, 9.17) is 0 Å². The van der Waals surface area contributed by atoms with Gasteiger partial charge in [0, 0.05) is 26.2 Å². The van der Waals surface area contributed by atoms with Gasteiger partial charge in [0.2, 0.25) is 0 Å². The standard InChI is InChI=1S/C11H23N3O/c1-3-8-14(11(15)12-2)9-10-6-4-5-7-13-10/h10,13H,3-9H2,1-2H3,(H,12,15). The molecule has 0 aliphatic carbocycles. The van der Waals surface area contributed by atoms with Crippen molar-refractivity contribution in [2.45, 2.75) is 38.6 Å². The maximum Gasteiger partial charge on any atom is 0.317 e. The molecule has 1 heterocycles. The molecule has 1 saturated heterocycles. The quantitative estimate of drug-likeness (QED) is 0.736. The molecule has 2 N–H and O–H groups in total. The lowest BCUT2D eigenvalue weighted by Gasteiger charge is -2.30. The third kappa shape index (κ3) is 4.08. The summed E-state index contributed by atoms with van der Waals surface area (Å²) in [6.07, 6.45) is 4.76. The molecule has 0 radical (unpaired) electrons. The van der Waals surface area contributed by atoms with Gasteiger partial charge in [-0.2, -0.15) is 0 Å². The molecule has 0 aromatic carbocycles. The average Bonchev–Trinajstić information content (AvgIpc) is 2.29. The zero-order chi connectivity index (χ0) is 11.1. The van der Waals surface area contributed by atoms with Crippen molar-refractivity contribution in [2.24, 2.45) is 0 Å². The number of rotatable bonds is 4. The molecule has 1 aliphatic rings. The van der Waals surface area contributed by atoms with Crippen LogP contribution in [0.5, 0.6) is 0 Å². The predicted molar refractivity (Wildman–Crippen MR) is 62.0 cm³/mol. The molecule has 0 saturated carbocycles. The molecule has 1 atom stereocenters. The molecule has 2 amide bonds. The molecule has 0 bridgehead atoms. The van der Waals surface area contributed by atoms with E-state index in [0.717, 1.165) is 26.1 Å². The predicted octanol–water partition coefficient (Wildman–Crippen LogP) is 1.18. The molecule has 88 valence electrons. The first-order valence-electron chi connectivity index (χ1n) is 5.98. The van der Waals surface area contributed by atoms with Crippen LogP contribution >= 0.6 is 0 Å². The fourth-order valence-corrected chi connectivity index (χ4v) is 2.05. The van der Waals surface area contributed by atoms with Crippen LogP contribution in [0, 0.1) is 0 Å². The SMILES string of the molecule is CCCN(CC1CCCCN1)C(=O)NC. The Morgan fingerprint density at radius 3 is 2.87 bits per heavy atom. The zero-order valence-corrected chi connectivity index (χ0v) is 9.88. The van der Waals surface area contributed by atoms with E-state index in [1.165, 1.54) is 19.3 Å². The lowest BCUT2D eigenvalue weighted by atomic mass is 10.0. The first kappa shape index (κ1) is 12.3. The fourth-order valence-electron chi connectivity index (χ4n) is 2.05. The Bertz CT molecular complexity index is 190. The lowest BCUT2D eigenvalue weighted by molar-refractivity contribution is 0.188. The third-order valence-corrected chi connectivity index (χ3v) is 2.85. The van der Waals surface area contributed by atoms with E-state index in [1.54, 1.807) is 7.05 Å². The van der Waals surface area contributed by atoms with Gasteiger partial charge < -0.3 is 15.5 Å². The summed E-state index contributed by atoms with van der Waals surface area (Å²) in [5, 5.41) is 6.16. The van der Waals surface area contributed by atoms with Crippen molar-refractivity contribution in [2.75, 3.05) is 26.7 Å². The Balaban J connectivity index is 2.38. The van der Waals surface area contributed by atoms with E-state index in [9.17, 15) is 4.79 Å². The molecular formula is C11H23N3O. The Labute approximate surface area is 92.4 Å². The molecule has 4 heteroatoms. The van der Waals surface area contributed by atoms with Crippen molar-refractivity contribution in [1.29, 1.82) is 0 Å². The second kappa shape index (κ2) is 6.67. The van der Waals surface area contributed by atoms with Crippen molar-refractivity contribution < 1.29 is 4.79 Å². The van der Waals surface area contributed by atoms with Gasteiger partial charge in [-0.3, -0.25) is 0 Å². The third-order valence-electron chi connectivity index (χ3n) is 2.85. The van der Waals surface area contributed by atoms with Gasteiger partial charge in [0.05, 0.1) is 0 Å². The van der Waals surface area contributed by atoms with Crippen LogP contribution < -0.4 is 10.6 Å². The van der Waals surface area contributed by atoms with Crippen LogP contribution in [0.4, 0.5) is 4.79 Å². The molecule has 4 nitrogen and oxygen atoms in total.